The molecule has 1 atom stereocenters. The Morgan fingerprint density at radius 1 is 1.41 bits per heavy atom. The molecule has 0 aliphatic rings. The van der Waals surface area contributed by atoms with Crippen LogP contribution < -0.4 is 5.73 Å². The first-order valence-electron chi connectivity index (χ1n) is 5.41. The summed E-state index contributed by atoms with van der Waals surface area (Å²) in [4.78, 5) is 11.8. The van der Waals surface area contributed by atoms with Gasteiger partial charge < -0.3 is 10.8 Å². The molecule has 0 amide bonds. The molecule has 0 aliphatic carbocycles. The standard InChI is InChI=1S/C12H17NO2S2/c1-2-17-10-5-3-9(4-6-10)7-16-8-11(13)12(14)15/h3-6,11H,2,7-8,13H2,1H3,(H,14,15)/t11-/m0/s1. The summed E-state index contributed by atoms with van der Waals surface area (Å²) in [5, 5.41) is 8.63. The number of nitrogens with two attached hydrogens (primary N) is 1. The normalized spacial score (nSPS) is 12.4. The topological polar surface area (TPSA) is 63.3 Å². The Morgan fingerprint density at radius 3 is 2.59 bits per heavy atom. The van der Waals surface area contributed by atoms with Crippen LogP contribution in [0.25, 0.3) is 0 Å². The largest absolute Gasteiger partial charge is 0.480 e. The summed E-state index contributed by atoms with van der Waals surface area (Å²) in [6.45, 7) is 2.13. The molecule has 0 heterocycles. The van der Waals surface area contributed by atoms with Crippen molar-refractivity contribution in [2.75, 3.05) is 11.5 Å². The zero-order valence-corrected chi connectivity index (χ0v) is 11.4. The first kappa shape index (κ1) is 14.4. The summed E-state index contributed by atoms with van der Waals surface area (Å²) in [6, 6.07) is 7.59. The molecule has 5 heteroatoms. The lowest BCUT2D eigenvalue weighted by Gasteiger charge is -2.06. The van der Waals surface area contributed by atoms with Crippen LogP contribution in [-0.2, 0) is 10.5 Å². The SMILES string of the molecule is CCSc1ccc(CSC[C@H](N)C(=O)O)cc1. The number of hydrogen-bond acceptors (Lipinski definition) is 4. The average molecular weight is 271 g/mol. The lowest BCUT2D eigenvalue weighted by Crippen LogP contribution is -2.32. The molecular formula is C12H17NO2S2. The smallest absolute Gasteiger partial charge is 0.321 e. The van der Waals surface area contributed by atoms with E-state index < -0.39 is 12.0 Å². The van der Waals surface area contributed by atoms with Crippen molar-refractivity contribution in [3.05, 3.63) is 29.8 Å². The highest BCUT2D eigenvalue weighted by Gasteiger charge is 2.10. The molecule has 94 valence electrons. The van der Waals surface area contributed by atoms with Crippen molar-refractivity contribution in [1.29, 1.82) is 0 Å². The van der Waals surface area contributed by atoms with Gasteiger partial charge in [-0.3, -0.25) is 4.79 Å². The van der Waals surface area contributed by atoms with Gasteiger partial charge in [0.05, 0.1) is 0 Å². The fourth-order valence-electron chi connectivity index (χ4n) is 1.22. The second-order valence-electron chi connectivity index (χ2n) is 3.54. The molecule has 0 unspecified atom stereocenters. The van der Waals surface area contributed by atoms with Gasteiger partial charge in [0.1, 0.15) is 6.04 Å². The summed E-state index contributed by atoms with van der Waals surface area (Å²) in [7, 11) is 0. The molecule has 0 aliphatic heterocycles. The number of carboxylic acids is 1. The third-order valence-corrected chi connectivity index (χ3v) is 4.14. The maximum Gasteiger partial charge on any atom is 0.321 e. The Hall–Kier alpha value is -0.650. The van der Waals surface area contributed by atoms with Gasteiger partial charge in [0.15, 0.2) is 0 Å². The van der Waals surface area contributed by atoms with Crippen LogP contribution in [0.4, 0.5) is 0 Å². The second kappa shape index (κ2) is 7.63. The fraction of sp³-hybridized carbons (Fsp3) is 0.417. The summed E-state index contributed by atoms with van der Waals surface area (Å²) in [6.07, 6.45) is 0. The predicted octanol–water partition coefficient (Wildman–Crippen LogP) is 2.44. The van der Waals surface area contributed by atoms with Gasteiger partial charge in [-0.2, -0.15) is 11.8 Å². The third-order valence-electron chi connectivity index (χ3n) is 2.12. The molecule has 3 N–H and O–H groups in total. The van der Waals surface area contributed by atoms with Crippen LogP contribution in [0.2, 0.25) is 0 Å². The minimum absolute atomic E-state index is 0.445. The first-order valence-corrected chi connectivity index (χ1v) is 7.55. The van der Waals surface area contributed by atoms with E-state index in [0.29, 0.717) is 5.75 Å². The number of aliphatic carboxylic acids is 1. The molecule has 0 fully saturated rings. The van der Waals surface area contributed by atoms with Crippen molar-refractivity contribution in [2.45, 2.75) is 23.6 Å². The summed E-state index contributed by atoms with van der Waals surface area (Å²) < 4.78 is 0. The Bertz CT molecular complexity index is 354. The second-order valence-corrected chi connectivity index (χ2v) is 5.90. The third kappa shape index (κ3) is 5.48. The molecule has 0 spiro atoms. The molecule has 0 saturated heterocycles. The van der Waals surface area contributed by atoms with Crippen molar-refractivity contribution in [1.82, 2.24) is 0 Å². The fourth-order valence-corrected chi connectivity index (χ4v) is 2.83. The molecule has 0 aromatic heterocycles. The van der Waals surface area contributed by atoms with Gasteiger partial charge in [-0.15, -0.1) is 11.8 Å². The summed E-state index contributed by atoms with van der Waals surface area (Å²) in [5.41, 5.74) is 6.62. The minimum atomic E-state index is -0.938. The van der Waals surface area contributed by atoms with Crippen LogP contribution >= 0.6 is 23.5 Å². The summed E-state index contributed by atoms with van der Waals surface area (Å²) in [5.74, 6) is 1.38. The van der Waals surface area contributed by atoms with Crippen molar-refractivity contribution < 1.29 is 9.90 Å². The van der Waals surface area contributed by atoms with E-state index in [-0.39, 0.29) is 0 Å². The van der Waals surface area contributed by atoms with E-state index in [9.17, 15) is 4.79 Å². The number of benzene rings is 1. The minimum Gasteiger partial charge on any atom is -0.480 e. The Balaban J connectivity index is 2.34. The molecule has 0 saturated carbocycles. The van der Waals surface area contributed by atoms with Gasteiger partial charge in [-0.1, -0.05) is 19.1 Å². The zero-order chi connectivity index (χ0) is 12.7. The van der Waals surface area contributed by atoms with E-state index >= 15 is 0 Å². The molecular weight excluding hydrogens is 254 g/mol. The van der Waals surface area contributed by atoms with Crippen molar-refractivity contribution in [3.8, 4) is 0 Å². The van der Waals surface area contributed by atoms with Crippen LogP contribution in [0.15, 0.2) is 29.2 Å². The molecule has 1 aromatic carbocycles. The van der Waals surface area contributed by atoms with Gasteiger partial charge >= 0.3 is 5.97 Å². The van der Waals surface area contributed by atoms with Gasteiger partial charge in [0, 0.05) is 16.4 Å². The van der Waals surface area contributed by atoms with Crippen LogP contribution in [0.3, 0.4) is 0 Å². The number of carbonyl (C=O) groups is 1. The lowest BCUT2D eigenvalue weighted by molar-refractivity contribution is -0.137. The Kier molecular flexibility index (Phi) is 6.47. The molecule has 1 aromatic rings. The van der Waals surface area contributed by atoms with E-state index in [1.54, 1.807) is 11.8 Å². The van der Waals surface area contributed by atoms with Crippen molar-refractivity contribution in [2.24, 2.45) is 5.73 Å². The maximum absolute atomic E-state index is 10.5. The van der Waals surface area contributed by atoms with E-state index in [1.807, 2.05) is 11.8 Å². The molecule has 3 nitrogen and oxygen atoms in total. The van der Waals surface area contributed by atoms with E-state index in [2.05, 4.69) is 31.2 Å². The van der Waals surface area contributed by atoms with E-state index in [0.717, 1.165) is 11.5 Å². The van der Waals surface area contributed by atoms with Gasteiger partial charge in [0.25, 0.3) is 0 Å². The number of rotatable bonds is 7. The van der Waals surface area contributed by atoms with Crippen molar-refractivity contribution in [3.63, 3.8) is 0 Å². The van der Waals surface area contributed by atoms with Crippen LogP contribution in [0.1, 0.15) is 12.5 Å². The van der Waals surface area contributed by atoms with Gasteiger partial charge in [-0.05, 0) is 23.4 Å². The highest BCUT2D eigenvalue weighted by atomic mass is 32.2. The highest BCUT2D eigenvalue weighted by molar-refractivity contribution is 7.99. The van der Waals surface area contributed by atoms with Gasteiger partial charge in [0.2, 0.25) is 0 Å². The molecule has 1 rings (SSSR count). The molecule has 17 heavy (non-hydrogen) atoms. The lowest BCUT2D eigenvalue weighted by atomic mass is 10.2. The zero-order valence-electron chi connectivity index (χ0n) is 9.76. The van der Waals surface area contributed by atoms with Crippen LogP contribution in [0, 0.1) is 0 Å². The van der Waals surface area contributed by atoms with Gasteiger partial charge in [-0.25, -0.2) is 0 Å². The van der Waals surface area contributed by atoms with E-state index in [4.69, 9.17) is 10.8 Å². The predicted molar refractivity (Wildman–Crippen MR) is 74.6 cm³/mol. The first-order chi connectivity index (χ1) is 8.13. The molecule has 0 radical (unpaired) electrons. The number of carboxylic acid groups (broad SMARTS) is 1. The Morgan fingerprint density at radius 2 is 2.06 bits per heavy atom. The van der Waals surface area contributed by atoms with Crippen molar-refractivity contribution >= 4 is 29.5 Å². The maximum atomic E-state index is 10.5. The number of thioether (sulfide) groups is 2. The average Bonchev–Trinajstić information content (AvgIpc) is 2.31. The molecule has 0 bridgehead atoms. The quantitative estimate of drug-likeness (QED) is 0.746. The number of hydrogen-bond donors (Lipinski definition) is 2. The monoisotopic (exact) mass is 271 g/mol. The summed E-state index contributed by atoms with van der Waals surface area (Å²) >= 11 is 3.36. The van der Waals surface area contributed by atoms with Crippen LogP contribution in [-0.4, -0.2) is 28.6 Å². The van der Waals surface area contributed by atoms with Crippen LogP contribution in [0.5, 0.6) is 0 Å². The highest BCUT2D eigenvalue weighted by Crippen LogP contribution is 2.20. The van der Waals surface area contributed by atoms with E-state index in [1.165, 1.54) is 10.5 Å². The Labute approximate surface area is 110 Å².